The third-order valence-corrected chi connectivity index (χ3v) is 11.5. The molecular weight excluding hydrogens is 794 g/mol. The highest BCUT2D eigenvalue weighted by molar-refractivity contribution is 14.1. The number of hydrogen-bond acceptors (Lipinski definition) is 5. The summed E-state index contributed by atoms with van der Waals surface area (Å²) >= 11 is 4.38. The Morgan fingerprint density at radius 2 is 1.16 bits per heavy atom. The van der Waals surface area contributed by atoms with Crippen LogP contribution in [0.15, 0.2) is 96.6 Å². The highest BCUT2D eigenvalue weighted by atomic mass is 127. The molecule has 7 nitrogen and oxygen atoms in total. The molecule has 0 spiro atoms. The maximum atomic E-state index is 14.4. The van der Waals surface area contributed by atoms with Crippen LogP contribution in [0.3, 0.4) is 0 Å². The number of fused-ring (bicyclic) bond motifs is 5. The second kappa shape index (κ2) is 10.8. The number of imide groups is 2. The fourth-order valence-electron chi connectivity index (χ4n) is 8.20. The Kier molecular flexibility index (Phi) is 6.90. The molecule has 2 aliphatic heterocycles. The number of nitrogens with zero attached hydrogens (tertiary/aromatic N) is 2. The lowest BCUT2D eigenvalue weighted by Gasteiger charge is -2.44. The van der Waals surface area contributed by atoms with Crippen LogP contribution in [0.4, 0.5) is 11.4 Å². The van der Waals surface area contributed by atoms with Crippen molar-refractivity contribution < 1.29 is 24.3 Å². The van der Waals surface area contributed by atoms with Crippen LogP contribution in [0.2, 0.25) is 0 Å². The van der Waals surface area contributed by atoms with Crippen molar-refractivity contribution in [2.75, 3.05) is 9.80 Å². The van der Waals surface area contributed by atoms with Gasteiger partial charge in [0, 0.05) is 18.4 Å². The van der Waals surface area contributed by atoms with Crippen LogP contribution in [0.25, 0.3) is 10.8 Å². The minimum absolute atomic E-state index is 0.134. The third-order valence-electron chi connectivity index (χ3n) is 10.1. The van der Waals surface area contributed by atoms with Crippen molar-refractivity contribution in [3.05, 3.63) is 109 Å². The molecule has 8 rings (SSSR count). The lowest BCUT2D eigenvalue weighted by atomic mass is 9.57. The summed E-state index contributed by atoms with van der Waals surface area (Å²) in [4.78, 5) is 59.3. The van der Waals surface area contributed by atoms with E-state index in [-0.39, 0.29) is 35.3 Å². The van der Waals surface area contributed by atoms with E-state index in [2.05, 4.69) is 51.3 Å². The zero-order valence-electron chi connectivity index (χ0n) is 23.8. The highest BCUT2D eigenvalue weighted by Gasteiger charge is 2.62. The first-order valence-corrected chi connectivity index (χ1v) is 17.1. The molecule has 2 heterocycles. The van der Waals surface area contributed by atoms with Gasteiger partial charge in [-0.15, -0.1) is 0 Å². The smallest absolute Gasteiger partial charge is 0.238 e. The Labute approximate surface area is 286 Å². The van der Waals surface area contributed by atoms with Gasteiger partial charge in [-0.2, -0.15) is 0 Å². The fourth-order valence-corrected chi connectivity index (χ4v) is 8.92. The van der Waals surface area contributed by atoms with Crippen molar-refractivity contribution in [3.8, 4) is 5.75 Å². The fraction of sp³-hybridized carbons (Fsp3) is 0.222. The lowest BCUT2D eigenvalue weighted by Crippen LogP contribution is -2.43. The molecule has 6 atom stereocenters. The van der Waals surface area contributed by atoms with E-state index in [1.165, 1.54) is 9.80 Å². The molecule has 0 bridgehead atoms. The molecule has 0 radical (unpaired) electrons. The number of amides is 4. The summed E-state index contributed by atoms with van der Waals surface area (Å²) in [7, 11) is 0. The van der Waals surface area contributed by atoms with Gasteiger partial charge in [-0.25, -0.2) is 0 Å². The molecule has 1 N–H and O–H groups in total. The number of halogens is 2. The zero-order valence-corrected chi connectivity index (χ0v) is 28.1. The van der Waals surface area contributed by atoms with Crippen LogP contribution in [-0.4, -0.2) is 28.7 Å². The molecule has 4 aliphatic rings. The topological polar surface area (TPSA) is 95.0 Å². The Bertz CT molecular complexity index is 1970. The Morgan fingerprint density at radius 1 is 0.600 bits per heavy atom. The maximum Gasteiger partial charge on any atom is 0.238 e. The van der Waals surface area contributed by atoms with E-state index in [1.54, 1.807) is 30.3 Å². The van der Waals surface area contributed by atoms with E-state index >= 15 is 0 Å². The van der Waals surface area contributed by atoms with Crippen LogP contribution in [0.5, 0.6) is 5.75 Å². The summed E-state index contributed by atoms with van der Waals surface area (Å²) in [5.74, 6) is -4.25. The number of carbonyl (C=O) groups is 4. The minimum atomic E-state index is -0.678. The Morgan fingerprint density at radius 3 is 1.78 bits per heavy atom. The van der Waals surface area contributed by atoms with Gasteiger partial charge in [0.05, 0.1) is 35.0 Å². The minimum Gasteiger partial charge on any atom is -0.507 e. The Hall–Kier alpha value is -3.58. The Balaban J connectivity index is 1.28. The van der Waals surface area contributed by atoms with E-state index in [4.69, 9.17) is 0 Å². The largest absolute Gasteiger partial charge is 0.507 e. The average Bonchev–Trinajstić information content (AvgIpc) is 3.45. The molecule has 3 fully saturated rings. The van der Waals surface area contributed by atoms with Crippen LogP contribution < -0.4 is 9.80 Å². The second-order valence-corrected chi connectivity index (χ2v) is 14.7. The van der Waals surface area contributed by atoms with Gasteiger partial charge in [-0.3, -0.25) is 29.0 Å². The molecule has 1 saturated carbocycles. The first-order chi connectivity index (χ1) is 21.7. The number of phenols is 1. The predicted octanol–water partition coefficient (Wildman–Crippen LogP) is 6.80. The van der Waals surface area contributed by atoms with Crippen molar-refractivity contribution in [3.63, 3.8) is 0 Å². The van der Waals surface area contributed by atoms with Gasteiger partial charge < -0.3 is 5.11 Å². The van der Waals surface area contributed by atoms with Crippen LogP contribution >= 0.6 is 45.2 Å². The summed E-state index contributed by atoms with van der Waals surface area (Å²) < 4.78 is 1.99. The number of carbonyl (C=O) groups excluding carboxylic acids is 4. The number of hydrogen-bond donors (Lipinski definition) is 1. The number of aromatic hydroxyl groups is 1. The lowest BCUT2D eigenvalue weighted by molar-refractivity contribution is -0.126. The van der Waals surface area contributed by atoms with Crippen molar-refractivity contribution in [1.82, 2.24) is 0 Å². The van der Waals surface area contributed by atoms with Crippen molar-refractivity contribution >= 4 is 91.0 Å². The van der Waals surface area contributed by atoms with Crippen molar-refractivity contribution in [1.29, 1.82) is 0 Å². The van der Waals surface area contributed by atoms with Crippen LogP contribution in [0, 0.1) is 36.7 Å². The molecule has 0 aromatic heterocycles. The maximum absolute atomic E-state index is 14.4. The van der Waals surface area contributed by atoms with E-state index in [0.29, 0.717) is 29.6 Å². The molecule has 9 heteroatoms. The number of benzene rings is 4. The summed E-state index contributed by atoms with van der Waals surface area (Å²) in [6.45, 7) is 0. The standard InChI is InChI=1S/C36H26I2N2O5/c37-18-5-9-20(10-6-18)39-33(42)26-14-13-25-27(31(26)35(39)44)17-28-32(36(45)40(34(28)43)21-11-7-19(38)8-12-21)30(25)24-15-16-29(41)23-4-2-1-3-22(23)24/h1-13,15-16,26-28,30-32,41H,14,17H2. The van der Waals surface area contributed by atoms with Gasteiger partial charge in [0.25, 0.3) is 0 Å². The number of phenolic OH excluding ortho intramolecular Hbond substituents is 1. The monoisotopic (exact) mass is 820 g/mol. The van der Waals surface area contributed by atoms with Crippen LogP contribution in [-0.2, 0) is 19.2 Å². The second-order valence-electron chi connectivity index (χ2n) is 12.2. The van der Waals surface area contributed by atoms with E-state index in [0.717, 1.165) is 23.7 Å². The summed E-state index contributed by atoms with van der Waals surface area (Å²) in [5, 5.41) is 12.2. The third kappa shape index (κ3) is 4.33. The number of allylic oxidation sites excluding steroid dienone is 2. The molecule has 4 amide bonds. The molecule has 2 aliphatic carbocycles. The summed E-state index contributed by atoms with van der Waals surface area (Å²) in [6, 6.07) is 25.7. The van der Waals surface area contributed by atoms with Crippen molar-refractivity contribution in [2.45, 2.75) is 18.8 Å². The number of anilines is 2. The SMILES string of the molecule is O=C1C2CC=C3C(CC4C(=O)N(c5ccc(I)cc5)C(=O)C4C3c3ccc(O)c4ccccc34)C2C(=O)N1c1ccc(I)cc1. The molecule has 224 valence electrons. The first-order valence-electron chi connectivity index (χ1n) is 14.9. The van der Waals surface area contributed by atoms with E-state index in [1.807, 2.05) is 54.6 Å². The van der Waals surface area contributed by atoms with E-state index < -0.39 is 29.6 Å². The molecule has 45 heavy (non-hydrogen) atoms. The summed E-state index contributed by atoms with van der Waals surface area (Å²) in [6.07, 6.45) is 2.76. The summed E-state index contributed by atoms with van der Waals surface area (Å²) in [5.41, 5.74) is 2.85. The van der Waals surface area contributed by atoms with Gasteiger partial charge in [-0.1, -0.05) is 42.0 Å². The average molecular weight is 820 g/mol. The molecule has 4 aromatic carbocycles. The molecule has 2 saturated heterocycles. The van der Waals surface area contributed by atoms with E-state index in [9.17, 15) is 24.3 Å². The first kappa shape index (κ1) is 28.9. The highest BCUT2D eigenvalue weighted by Crippen LogP contribution is 2.59. The van der Waals surface area contributed by atoms with Gasteiger partial charge in [0.1, 0.15) is 5.75 Å². The molecule has 6 unspecified atom stereocenters. The molecular formula is C36H26I2N2O5. The van der Waals surface area contributed by atoms with Gasteiger partial charge in [-0.05, 0) is 129 Å². The predicted molar refractivity (Wildman–Crippen MR) is 186 cm³/mol. The number of rotatable bonds is 3. The van der Waals surface area contributed by atoms with Gasteiger partial charge >= 0.3 is 0 Å². The van der Waals surface area contributed by atoms with Crippen molar-refractivity contribution in [2.24, 2.45) is 29.6 Å². The van der Waals surface area contributed by atoms with Gasteiger partial charge in [0.2, 0.25) is 23.6 Å². The molecule has 4 aromatic rings. The zero-order chi connectivity index (χ0) is 31.1. The normalized spacial score (nSPS) is 27.5. The quantitative estimate of drug-likeness (QED) is 0.140. The van der Waals surface area contributed by atoms with Crippen LogP contribution in [0.1, 0.15) is 24.3 Å². The van der Waals surface area contributed by atoms with Gasteiger partial charge in [0.15, 0.2) is 0 Å².